The van der Waals surface area contributed by atoms with Crippen molar-refractivity contribution in [1.29, 1.82) is 0 Å². The van der Waals surface area contributed by atoms with Crippen LogP contribution in [-0.4, -0.2) is 25.8 Å². The molecule has 0 atom stereocenters. The van der Waals surface area contributed by atoms with Gasteiger partial charge in [0.25, 0.3) is 5.91 Å². The fourth-order valence-electron chi connectivity index (χ4n) is 3.10. The van der Waals surface area contributed by atoms with Gasteiger partial charge in [-0.2, -0.15) is 31.4 Å². The van der Waals surface area contributed by atoms with Crippen LogP contribution in [-0.2, 0) is 18.9 Å². The number of anilines is 1. The predicted octanol–water partition coefficient (Wildman–Crippen LogP) is 5.92. The molecule has 1 amide bonds. The summed E-state index contributed by atoms with van der Waals surface area (Å²) in [5.74, 6) is -0.574. The van der Waals surface area contributed by atoms with E-state index < -0.39 is 41.5 Å². The van der Waals surface area contributed by atoms with Crippen molar-refractivity contribution in [2.45, 2.75) is 18.9 Å². The number of aromatic nitrogens is 4. The first-order chi connectivity index (χ1) is 16.4. The molecule has 0 unspecified atom stereocenters. The van der Waals surface area contributed by atoms with Crippen LogP contribution in [0.4, 0.5) is 32.0 Å². The molecule has 1 aromatic carbocycles. The molecule has 0 aliphatic rings. The predicted molar refractivity (Wildman–Crippen MR) is 110 cm³/mol. The maximum absolute atomic E-state index is 13.4. The van der Waals surface area contributed by atoms with E-state index in [1.54, 1.807) is 12.1 Å². The Morgan fingerprint density at radius 3 is 2.54 bits per heavy atom. The number of nitrogens with zero attached hydrogens (tertiary/aromatic N) is 4. The standard InChI is InChI=1S/C21H12ClF6N5O2/c22-15-2-1-5-29-18(15)17-7-16(32-35-17)19(34)31-13-8-30-33(10-13)9-11-3-4-12(20(23,24)25)6-14(11)21(26,27)28/h1-8,10H,9H2,(H,31,34). The van der Waals surface area contributed by atoms with Crippen molar-refractivity contribution in [3.05, 3.63) is 82.4 Å². The lowest BCUT2D eigenvalue weighted by Crippen LogP contribution is -2.15. The van der Waals surface area contributed by atoms with E-state index in [1.807, 2.05) is 0 Å². The molecule has 0 aliphatic heterocycles. The molecule has 0 bridgehead atoms. The molecule has 4 rings (SSSR count). The van der Waals surface area contributed by atoms with Crippen molar-refractivity contribution < 1.29 is 35.7 Å². The lowest BCUT2D eigenvalue weighted by atomic mass is 10.0. The number of hydrogen-bond acceptors (Lipinski definition) is 5. The maximum Gasteiger partial charge on any atom is 0.416 e. The quantitative estimate of drug-likeness (QED) is 0.333. The molecule has 3 heterocycles. The zero-order valence-corrected chi connectivity index (χ0v) is 17.9. The smallest absolute Gasteiger partial charge is 0.354 e. The Labute approximate surface area is 197 Å². The summed E-state index contributed by atoms with van der Waals surface area (Å²) >= 11 is 6.03. The van der Waals surface area contributed by atoms with Crippen LogP contribution < -0.4 is 5.32 Å². The van der Waals surface area contributed by atoms with E-state index >= 15 is 0 Å². The second-order valence-corrected chi connectivity index (χ2v) is 7.57. The lowest BCUT2D eigenvalue weighted by molar-refractivity contribution is -0.143. The summed E-state index contributed by atoms with van der Waals surface area (Å²) in [7, 11) is 0. The van der Waals surface area contributed by atoms with Crippen molar-refractivity contribution >= 4 is 23.2 Å². The maximum atomic E-state index is 13.4. The van der Waals surface area contributed by atoms with Crippen LogP contribution in [0.1, 0.15) is 27.2 Å². The average molecular weight is 516 g/mol. The zero-order valence-electron chi connectivity index (χ0n) is 17.2. The summed E-state index contributed by atoms with van der Waals surface area (Å²) in [6.07, 6.45) is -6.09. The monoisotopic (exact) mass is 515 g/mol. The van der Waals surface area contributed by atoms with Crippen LogP contribution in [0.3, 0.4) is 0 Å². The molecule has 0 saturated carbocycles. The van der Waals surface area contributed by atoms with Gasteiger partial charge >= 0.3 is 12.4 Å². The van der Waals surface area contributed by atoms with Gasteiger partial charge in [-0.15, -0.1) is 0 Å². The van der Waals surface area contributed by atoms with Gasteiger partial charge in [0.2, 0.25) is 0 Å². The summed E-state index contributed by atoms with van der Waals surface area (Å²) in [5.41, 5.74) is -3.03. The molecule has 0 spiro atoms. The average Bonchev–Trinajstić information content (AvgIpc) is 3.43. The van der Waals surface area contributed by atoms with Crippen LogP contribution in [0.15, 0.2) is 59.5 Å². The molecule has 182 valence electrons. The lowest BCUT2D eigenvalue weighted by Gasteiger charge is -2.16. The minimum atomic E-state index is -5.01. The summed E-state index contributed by atoms with van der Waals surface area (Å²) in [4.78, 5) is 16.5. The highest BCUT2D eigenvalue weighted by atomic mass is 35.5. The fourth-order valence-corrected chi connectivity index (χ4v) is 3.31. The van der Waals surface area contributed by atoms with Gasteiger partial charge in [0.05, 0.1) is 34.6 Å². The fraction of sp³-hybridized carbons (Fsp3) is 0.143. The number of halogens is 7. The van der Waals surface area contributed by atoms with Gasteiger partial charge in [0.15, 0.2) is 11.5 Å². The van der Waals surface area contributed by atoms with E-state index in [9.17, 15) is 31.1 Å². The molecule has 0 aliphatic carbocycles. The highest BCUT2D eigenvalue weighted by Crippen LogP contribution is 2.37. The van der Waals surface area contributed by atoms with E-state index in [2.05, 4.69) is 20.6 Å². The molecule has 0 saturated heterocycles. The molecule has 1 N–H and O–H groups in total. The summed E-state index contributed by atoms with van der Waals surface area (Å²) in [5, 5.41) is 10.2. The van der Waals surface area contributed by atoms with Gasteiger partial charge in [-0.1, -0.05) is 22.8 Å². The number of carbonyl (C=O) groups is 1. The summed E-state index contributed by atoms with van der Waals surface area (Å²) in [6.45, 7) is -0.491. The van der Waals surface area contributed by atoms with Crippen molar-refractivity contribution in [1.82, 2.24) is 19.9 Å². The first-order valence-corrected chi connectivity index (χ1v) is 9.98. The number of carbonyl (C=O) groups excluding carboxylic acids is 1. The number of hydrogen-bond donors (Lipinski definition) is 1. The van der Waals surface area contributed by atoms with E-state index in [4.69, 9.17) is 16.1 Å². The molecule has 4 aromatic rings. The van der Waals surface area contributed by atoms with Gasteiger partial charge in [0.1, 0.15) is 5.69 Å². The third-order valence-corrected chi connectivity index (χ3v) is 5.01. The molecule has 7 nitrogen and oxygen atoms in total. The Kier molecular flexibility index (Phi) is 6.28. The molecule has 0 radical (unpaired) electrons. The first-order valence-electron chi connectivity index (χ1n) is 9.60. The molecule has 0 fully saturated rings. The molecular weight excluding hydrogens is 504 g/mol. The van der Waals surface area contributed by atoms with Crippen LogP contribution in [0.2, 0.25) is 5.02 Å². The number of benzene rings is 1. The normalized spacial score (nSPS) is 12.1. The highest BCUT2D eigenvalue weighted by molar-refractivity contribution is 6.32. The molecule has 35 heavy (non-hydrogen) atoms. The second kappa shape index (κ2) is 9.06. The number of pyridine rings is 1. The van der Waals surface area contributed by atoms with Gasteiger partial charge < -0.3 is 9.84 Å². The Morgan fingerprint density at radius 1 is 1.09 bits per heavy atom. The number of amides is 1. The number of rotatable bonds is 5. The van der Waals surface area contributed by atoms with E-state index in [0.29, 0.717) is 6.07 Å². The van der Waals surface area contributed by atoms with Crippen molar-refractivity contribution in [3.63, 3.8) is 0 Å². The number of alkyl halides is 6. The van der Waals surface area contributed by atoms with Gasteiger partial charge in [-0.05, 0) is 29.8 Å². The van der Waals surface area contributed by atoms with Crippen LogP contribution in [0, 0.1) is 0 Å². The minimum absolute atomic E-state index is 0.0531. The zero-order chi connectivity index (χ0) is 25.4. The molecular formula is C21H12ClF6N5O2. The third-order valence-electron chi connectivity index (χ3n) is 4.70. The SMILES string of the molecule is O=C(Nc1cnn(Cc2ccc(C(F)(F)F)cc2C(F)(F)F)c1)c1cc(-c2ncccc2Cl)on1. The Balaban J connectivity index is 1.50. The highest BCUT2D eigenvalue weighted by Gasteiger charge is 2.38. The van der Waals surface area contributed by atoms with Crippen molar-refractivity contribution in [3.8, 4) is 11.5 Å². The van der Waals surface area contributed by atoms with Crippen LogP contribution in [0.25, 0.3) is 11.5 Å². The van der Waals surface area contributed by atoms with Crippen LogP contribution >= 0.6 is 11.6 Å². The Hall–Kier alpha value is -3.87. The van der Waals surface area contributed by atoms with Crippen molar-refractivity contribution in [2.75, 3.05) is 5.32 Å². The Bertz CT molecular complexity index is 1380. The van der Waals surface area contributed by atoms with E-state index in [0.717, 1.165) is 16.9 Å². The van der Waals surface area contributed by atoms with Gasteiger partial charge in [0, 0.05) is 18.5 Å². The summed E-state index contributed by atoms with van der Waals surface area (Å²) in [6, 6.07) is 5.83. The van der Waals surface area contributed by atoms with Gasteiger partial charge in [-0.25, -0.2) is 0 Å². The van der Waals surface area contributed by atoms with Crippen molar-refractivity contribution in [2.24, 2.45) is 0 Å². The number of nitrogens with one attached hydrogen (secondary N) is 1. The Morgan fingerprint density at radius 2 is 1.86 bits per heavy atom. The molecule has 3 aromatic heterocycles. The molecule has 14 heteroatoms. The topological polar surface area (TPSA) is 85.8 Å². The summed E-state index contributed by atoms with van der Waals surface area (Å²) < 4.78 is 84.7. The second-order valence-electron chi connectivity index (χ2n) is 7.16. The minimum Gasteiger partial charge on any atom is -0.354 e. The van der Waals surface area contributed by atoms with E-state index in [-0.39, 0.29) is 33.9 Å². The third kappa shape index (κ3) is 5.45. The first kappa shape index (κ1) is 24.3. The van der Waals surface area contributed by atoms with Crippen LogP contribution in [0.5, 0.6) is 0 Å². The van der Waals surface area contributed by atoms with Gasteiger partial charge in [-0.3, -0.25) is 14.5 Å². The van der Waals surface area contributed by atoms with E-state index in [1.165, 1.54) is 18.5 Å². The largest absolute Gasteiger partial charge is 0.416 e.